The Morgan fingerprint density at radius 1 is 1.23 bits per heavy atom. The summed E-state index contributed by atoms with van der Waals surface area (Å²) in [5, 5.41) is 18.4. The average Bonchev–Trinajstić information content (AvgIpc) is 2.98. The number of carbonyl (C=O) groups is 2. The highest BCUT2D eigenvalue weighted by atomic mass is 16.6. The van der Waals surface area contributed by atoms with Gasteiger partial charge in [0.1, 0.15) is 5.69 Å². The highest BCUT2D eigenvalue weighted by Crippen LogP contribution is 2.31. The van der Waals surface area contributed by atoms with E-state index in [2.05, 4.69) is 10.4 Å². The van der Waals surface area contributed by atoms with Gasteiger partial charge in [0.15, 0.2) is 6.61 Å². The maximum absolute atomic E-state index is 12.3. The predicted octanol–water partition coefficient (Wildman–Crippen LogP) is 2.73. The van der Waals surface area contributed by atoms with Crippen LogP contribution in [0.25, 0.3) is 0 Å². The zero-order valence-corrected chi connectivity index (χ0v) is 17.3. The molecule has 1 fully saturated rings. The Bertz CT molecular complexity index is 978. The fourth-order valence-corrected chi connectivity index (χ4v) is 3.54. The van der Waals surface area contributed by atoms with Crippen molar-refractivity contribution in [2.75, 3.05) is 29.9 Å². The molecule has 0 spiro atoms. The van der Waals surface area contributed by atoms with Crippen LogP contribution < -0.4 is 10.2 Å². The first-order valence-corrected chi connectivity index (χ1v) is 9.78. The van der Waals surface area contributed by atoms with E-state index in [1.54, 1.807) is 24.7 Å². The highest BCUT2D eigenvalue weighted by molar-refractivity contribution is 5.96. The lowest BCUT2D eigenvalue weighted by Gasteiger charge is -2.28. The normalized spacial score (nSPS) is 13.8. The third-order valence-corrected chi connectivity index (χ3v) is 5.21. The topological polar surface area (TPSA) is 120 Å². The largest absolute Gasteiger partial charge is 0.452 e. The maximum Gasteiger partial charge on any atom is 0.338 e. The number of nitrogens with one attached hydrogen (secondary N) is 1. The number of anilines is 2. The number of piperidine rings is 1. The number of esters is 1. The maximum atomic E-state index is 12.3. The van der Waals surface area contributed by atoms with Crippen molar-refractivity contribution in [1.29, 1.82) is 0 Å². The van der Waals surface area contributed by atoms with Crippen LogP contribution >= 0.6 is 0 Å². The second-order valence-electron chi connectivity index (χ2n) is 7.30. The van der Waals surface area contributed by atoms with Gasteiger partial charge in [-0.1, -0.05) is 0 Å². The predicted molar refractivity (Wildman–Crippen MR) is 111 cm³/mol. The molecule has 1 amide bonds. The minimum Gasteiger partial charge on any atom is -0.452 e. The molecule has 10 heteroatoms. The van der Waals surface area contributed by atoms with Gasteiger partial charge in [-0.05, 0) is 45.2 Å². The van der Waals surface area contributed by atoms with E-state index in [1.165, 1.54) is 12.1 Å². The third-order valence-electron chi connectivity index (χ3n) is 5.21. The van der Waals surface area contributed by atoms with E-state index in [0.717, 1.165) is 38.0 Å². The van der Waals surface area contributed by atoms with Gasteiger partial charge in [0.05, 0.1) is 27.6 Å². The Balaban J connectivity index is 1.66. The second-order valence-corrected chi connectivity index (χ2v) is 7.30. The highest BCUT2D eigenvalue weighted by Gasteiger charge is 2.24. The van der Waals surface area contributed by atoms with Gasteiger partial charge in [0.25, 0.3) is 11.6 Å². The van der Waals surface area contributed by atoms with Crippen LogP contribution in [-0.4, -0.2) is 46.3 Å². The number of amides is 1. The van der Waals surface area contributed by atoms with Crippen molar-refractivity contribution >= 4 is 28.9 Å². The van der Waals surface area contributed by atoms with Gasteiger partial charge in [-0.15, -0.1) is 0 Å². The van der Waals surface area contributed by atoms with Gasteiger partial charge in [-0.25, -0.2) is 4.79 Å². The molecule has 0 atom stereocenters. The Morgan fingerprint density at radius 3 is 2.53 bits per heavy atom. The van der Waals surface area contributed by atoms with Crippen LogP contribution in [0.4, 0.5) is 17.1 Å². The average molecular weight is 415 g/mol. The van der Waals surface area contributed by atoms with Crippen LogP contribution in [-0.2, 0) is 16.6 Å². The second kappa shape index (κ2) is 8.93. The molecular weight excluding hydrogens is 390 g/mol. The summed E-state index contributed by atoms with van der Waals surface area (Å²) >= 11 is 0. The van der Waals surface area contributed by atoms with E-state index in [-0.39, 0.29) is 11.3 Å². The van der Waals surface area contributed by atoms with Crippen LogP contribution in [0, 0.1) is 24.0 Å². The molecule has 1 aliphatic rings. The Labute approximate surface area is 174 Å². The molecule has 0 bridgehead atoms. The van der Waals surface area contributed by atoms with Crippen LogP contribution in [0.1, 0.15) is 41.0 Å². The number of nitro groups is 1. The van der Waals surface area contributed by atoms with Crippen molar-refractivity contribution in [1.82, 2.24) is 9.78 Å². The third kappa shape index (κ3) is 4.58. The first-order chi connectivity index (χ1) is 14.3. The van der Waals surface area contributed by atoms with Crippen molar-refractivity contribution in [2.24, 2.45) is 7.05 Å². The zero-order chi connectivity index (χ0) is 21.8. The van der Waals surface area contributed by atoms with Crippen molar-refractivity contribution in [3.05, 3.63) is 45.3 Å². The smallest absolute Gasteiger partial charge is 0.338 e. The lowest BCUT2D eigenvalue weighted by Crippen LogP contribution is -2.30. The molecule has 2 aromatic rings. The van der Waals surface area contributed by atoms with Gasteiger partial charge in [0, 0.05) is 26.2 Å². The van der Waals surface area contributed by atoms with E-state index in [0.29, 0.717) is 17.1 Å². The molecule has 0 unspecified atom stereocenters. The summed E-state index contributed by atoms with van der Waals surface area (Å²) in [7, 11) is 1.76. The van der Waals surface area contributed by atoms with Crippen molar-refractivity contribution in [3.8, 4) is 0 Å². The molecule has 3 rings (SSSR count). The van der Waals surface area contributed by atoms with E-state index in [4.69, 9.17) is 4.74 Å². The molecule has 10 nitrogen and oxygen atoms in total. The number of ether oxygens (including phenoxy) is 1. The van der Waals surface area contributed by atoms with Crippen LogP contribution in [0.2, 0.25) is 0 Å². The molecule has 1 aliphatic heterocycles. The van der Waals surface area contributed by atoms with Gasteiger partial charge in [-0.2, -0.15) is 5.10 Å². The van der Waals surface area contributed by atoms with Crippen molar-refractivity contribution in [3.63, 3.8) is 0 Å². The van der Waals surface area contributed by atoms with Crippen molar-refractivity contribution < 1.29 is 19.2 Å². The minimum absolute atomic E-state index is 0.0315. The van der Waals surface area contributed by atoms with Crippen LogP contribution in [0.3, 0.4) is 0 Å². The summed E-state index contributed by atoms with van der Waals surface area (Å²) in [5.74, 6) is -1.31. The zero-order valence-electron chi connectivity index (χ0n) is 17.3. The van der Waals surface area contributed by atoms with Crippen LogP contribution in [0.15, 0.2) is 18.2 Å². The molecule has 0 saturated carbocycles. The quantitative estimate of drug-likeness (QED) is 0.437. The number of aryl methyl sites for hydroxylation is 2. The first kappa shape index (κ1) is 21.3. The summed E-state index contributed by atoms with van der Waals surface area (Å²) in [6.45, 7) is 4.56. The lowest BCUT2D eigenvalue weighted by molar-refractivity contribution is -0.384. The number of aromatic nitrogens is 2. The Morgan fingerprint density at radius 2 is 1.93 bits per heavy atom. The number of benzene rings is 1. The molecule has 0 radical (unpaired) electrons. The summed E-state index contributed by atoms with van der Waals surface area (Å²) in [5.41, 5.74) is 2.38. The Hall–Kier alpha value is -3.43. The molecule has 0 aliphatic carbocycles. The molecule has 1 saturated heterocycles. The van der Waals surface area contributed by atoms with E-state index >= 15 is 0 Å². The SMILES string of the molecule is Cc1nn(C)c(C)c1NC(=O)COC(=O)c1ccc(N2CCCCC2)c([N+](=O)[O-])c1. The number of carbonyl (C=O) groups excluding carboxylic acids is 2. The molecule has 1 N–H and O–H groups in total. The number of rotatable bonds is 6. The first-order valence-electron chi connectivity index (χ1n) is 9.78. The summed E-state index contributed by atoms with van der Waals surface area (Å²) in [6, 6.07) is 4.27. The summed E-state index contributed by atoms with van der Waals surface area (Å²) in [6.07, 6.45) is 3.06. The standard InChI is InChI=1S/C20H25N5O5/c1-13-19(14(2)23(3)22-13)21-18(26)12-30-20(27)15-7-8-16(17(11-15)25(28)29)24-9-5-4-6-10-24/h7-8,11H,4-6,9-10,12H2,1-3H3,(H,21,26). The molecule has 1 aromatic heterocycles. The number of hydrogen-bond acceptors (Lipinski definition) is 7. The van der Waals surface area contributed by atoms with Gasteiger partial charge in [0.2, 0.25) is 0 Å². The molecule has 1 aromatic carbocycles. The van der Waals surface area contributed by atoms with E-state index in [9.17, 15) is 19.7 Å². The monoisotopic (exact) mass is 415 g/mol. The Kier molecular flexibility index (Phi) is 6.34. The lowest BCUT2D eigenvalue weighted by atomic mass is 10.1. The van der Waals surface area contributed by atoms with Gasteiger partial charge >= 0.3 is 5.97 Å². The number of nitro benzene ring substituents is 1. The molecule has 160 valence electrons. The number of hydrogen-bond donors (Lipinski definition) is 1. The molecular formula is C20H25N5O5. The number of nitrogens with zero attached hydrogens (tertiary/aromatic N) is 4. The van der Waals surface area contributed by atoms with E-state index < -0.39 is 23.4 Å². The fourth-order valence-electron chi connectivity index (χ4n) is 3.54. The minimum atomic E-state index is -0.793. The summed E-state index contributed by atoms with van der Waals surface area (Å²) in [4.78, 5) is 37.5. The van der Waals surface area contributed by atoms with Gasteiger partial charge < -0.3 is 15.0 Å². The molecule has 30 heavy (non-hydrogen) atoms. The van der Waals surface area contributed by atoms with Crippen LogP contribution in [0.5, 0.6) is 0 Å². The van der Waals surface area contributed by atoms with Gasteiger partial charge in [-0.3, -0.25) is 19.6 Å². The summed E-state index contributed by atoms with van der Waals surface area (Å²) < 4.78 is 6.69. The van der Waals surface area contributed by atoms with E-state index in [1.807, 2.05) is 11.8 Å². The molecule has 2 heterocycles. The fraction of sp³-hybridized carbons (Fsp3) is 0.450. The van der Waals surface area contributed by atoms with Crippen molar-refractivity contribution in [2.45, 2.75) is 33.1 Å².